The number of hydrogen-bond acceptors (Lipinski definition) is 3. The SMILES string of the molecule is COc1cc2c(cc1OC)C(=O)C(=CC1C=C[N+](Cc3ccccc3)=CC1C)C2. The zero-order valence-corrected chi connectivity index (χ0v) is 17.1. The summed E-state index contributed by atoms with van der Waals surface area (Å²) >= 11 is 0. The molecule has 2 aromatic rings. The smallest absolute Gasteiger partial charge is 0.189 e. The molecule has 1 aliphatic heterocycles. The van der Waals surface area contributed by atoms with E-state index in [1.165, 1.54) is 5.56 Å². The molecule has 0 saturated carbocycles. The minimum atomic E-state index is 0.0910. The maximum atomic E-state index is 12.9. The van der Waals surface area contributed by atoms with Gasteiger partial charge in [0, 0.05) is 35.0 Å². The normalized spacial score (nSPS) is 21.8. The number of allylic oxidation sites excluding steroid dienone is 3. The number of carbonyl (C=O) groups is 1. The van der Waals surface area contributed by atoms with Crippen LogP contribution in [-0.2, 0) is 13.0 Å². The van der Waals surface area contributed by atoms with Crippen LogP contribution in [0.4, 0.5) is 0 Å². The highest BCUT2D eigenvalue weighted by Gasteiger charge is 2.29. The molecule has 148 valence electrons. The lowest BCUT2D eigenvalue weighted by molar-refractivity contribution is -0.474. The summed E-state index contributed by atoms with van der Waals surface area (Å²) in [5.74, 6) is 1.87. The minimum Gasteiger partial charge on any atom is -0.493 e. The van der Waals surface area contributed by atoms with Gasteiger partial charge in [-0.1, -0.05) is 43.3 Å². The van der Waals surface area contributed by atoms with E-state index in [0.29, 0.717) is 23.8 Å². The molecule has 0 fully saturated rings. The van der Waals surface area contributed by atoms with Crippen LogP contribution in [0.25, 0.3) is 0 Å². The zero-order valence-electron chi connectivity index (χ0n) is 17.1. The van der Waals surface area contributed by atoms with Gasteiger partial charge in [0.2, 0.25) is 0 Å². The van der Waals surface area contributed by atoms with Gasteiger partial charge in [0.15, 0.2) is 30.0 Å². The number of hydrogen-bond donors (Lipinski definition) is 0. The predicted octanol–water partition coefficient (Wildman–Crippen LogP) is 4.43. The second kappa shape index (κ2) is 8.08. The third kappa shape index (κ3) is 3.88. The predicted molar refractivity (Wildman–Crippen MR) is 114 cm³/mol. The molecule has 0 spiro atoms. The van der Waals surface area contributed by atoms with Crippen molar-refractivity contribution in [1.29, 1.82) is 0 Å². The van der Waals surface area contributed by atoms with Gasteiger partial charge in [-0.3, -0.25) is 4.79 Å². The van der Waals surface area contributed by atoms with Gasteiger partial charge in [-0.25, -0.2) is 4.58 Å². The summed E-state index contributed by atoms with van der Waals surface area (Å²) < 4.78 is 13.0. The Morgan fingerprint density at radius 2 is 1.83 bits per heavy atom. The Labute approximate surface area is 171 Å². The third-order valence-electron chi connectivity index (χ3n) is 5.66. The van der Waals surface area contributed by atoms with Gasteiger partial charge in [0.05, 0.1) is 14.2 Å². The van der Waals surface area contributed by atoms with Crippen LogP contribution in [0.1, 0.15) is 28.4 Å². The van der Waals surface area contributed by atoms with Crippen LogP contribution >= 0.6 is 0 Å². The molecule has 2 aliphatic rings. The van der Waals surface area contributed by atoms with Crippen molar-refractivity contribution < 1.29 is 18.8 Å². The Morgan fingerprint density at radius 3 is 2.52 bits per heavy atom. The van der Waals surface area contributed by atoms with Crippen molar-refractivity contribution in [3.63, 3.8) is 0 Å². The standard InChI is InChI=1S/C25H26NO3/c1-17-15-26(16-18-7-5-4-6-8-18)10-9-19(17)11-21-12-20-13-23(28-2)24(29-3)14-22(20)25(21)27/h4-11,13-15,17,19H,12,16H2,1-3H3/q+1. The second-order valence-corrected chi connectivity index (χ2v) is 7.65. The van der Waals surface area contributed by atoms with Crippen LogP contribution in [0.2, 0.25) is 0 Å². The molecule has 0 radical (unpaired) electrons. The Balaban J connectivity index is 1.52. The van der Waals surface area contributed by atoms with Crippen molar-refractivity contribution in [2.75, 3.05) is 14.2 Å². The first kappa shape index (κ1) is 19.2. The quantitative estimate of drug-likeness (QED) is 0.562. The van der Waals surface area contributed by atoms with Gasteiger partial charge in [-0.15, -0.1) is 0 Å². The van der Waals surface area contributed by atoms with E-state index in [0.717, 1.165) is 23.2 Å². The summed E-state index contributed by atoms with van der Waals surface area (Å²) in [6, 6.07) is 14.1. The third-order valence-corrected chi connectivity index (χ3v) is 5.66. The number of methoxy groups -OCH3 is 2. The van der Waals surface area contributed by atoms with E-state index >= 15 is 0 Å². The Hall–Kier alpha value is -3.14. The molecule has 1 aliphatic carbocycles. The number of fused-ring (bicyclic) bond motifs is 1. The Bertz CT molecular complexity index is 1020. The number of ketones is 1. The number of ether oxygens (including phenoxy) is 2. The van der Waals surface area contributed by atoms with Gasteiger partial charge in [0.1, 0.15) is 6.21 Å². The van der Waals surface area contributed by atoms with E-state index in [-0.39, 0.29) is 11.7 Å². The van der Waals surface area contributed by atoms with E-state index < -0.39 is 0 Å². The van der Waals surface area contributed by atoms with Gasteiger partial charge in [-0.05, 0) is 23.8 Å². The highest BCUT2D eigenvalue weighted by molar-refractivity contribution is 6.13. The number of carbonyl (C=O) groups excluding carboxylic acids is 1. The van der Waals surface area contributed by atoms with Crippen molar-refractivity contribution in [2.45, 2.75) is 19.9 Å². The molecule has 4 heteroatoms. The summed E-state index contributed by atoms with van der Waals surface area (Å²) in [7, 11) is 3.20. The molecule has 0 saturated heterocycles. The molecule has 2 unspecified atom stereocenters. The molecule has 0 bridgehead atoms. The van der Waals surface area contributed by atoms with Crippen LogP contribution in [0.3, 0.4) is 0 Å². The van der Waals surface area contributed by atoms with Crippen molar-refractivity contribution in [3.8, 4) is 11.5 Å². The molecular weight excluding hydrogens is 362 g/mol. The molecule has 1 heterocycles. The van der Waals surface area contributed by atoms with Crippen molar-refractivity contribution >= 4 is 12.0 Å². The summed E-state index contributed by atoms with van der Waals surface area (Å²) in [4.78, 5) is 12.9. The number of nitrogens with zero attached hydrogens (tertiary/aromatic N) is 1. The maximum Gasteiger partial charge on any atom is 0.189 e. The summed E-state index contributed by atoms with van der Waals surface area (Å²) in [6.07, 6.45) is 9.32. The molecule has 0 aromatic heterocycles. The lowest BCUT2D eigenvalue weighted by Gasteiger charge is -2.16. The molecule has 0 N–H and O–H groups in total. The Kier molecular flexibility index (Phi) is 5.34. The van der Waals surface area contributed by atoms with Crippen molar-refractivity contribution in [1.82, 2.24) is 0 Å². The van der Waals surface area contributed by atoms with Crippen molar-refractivity contribution in [2.24, 2.45) is 11.8 Å². The lowest BCUT2D eigenvalue weighted by atomic mass is 9.90. The Morgan fingerprint density at radius 1 is 1.10 bits per heavy atom. The first-order valence-corrected chi connectivity index (χ1v) is 9.92. The van der Waals surface area contributed by atoms with Crippen LogP contribution in [0.5, 0.6) is 11.5 Å². The molecule has 4 rings (SSSR count). The first-order valence-electron chi connectivity index (χ1n) is 9.92. The van der Waals surface area contributed by atoms with E-state index in [2.05, 4.69) is 60.3 Å². The van der Waals surface area contributed by atoms with Crippen LogP contribution in [-0.4, -0.2) is 30.8 Å². The topological polar surface area (TPSA) is 38.5 Å². The summed E-state index contributed by atoms with van der Waals surface area (Å²) in [5.41, 5.74) is 3.85. The monoisotopic (exact) mass is 388 g/mol. The van der Waals surface area contributed by atoms with Crippen molar-refractivity contribution in [3.05, 3.63) is 83.1 Å². The van der Waals surface area contributed by atoms with E-state index in [1.807, 2.05) is 12.1 Å². The van der Waals surface area contributed by atoms with Gasteiger partial charge < -0.3 is 9.47 Å². The molecule has 0 amide bonds. The summed E-state index contributed by atoms with van der Waals surface area (Å²) in [5, 5.41) is 0. The van der Waals surface area contributed by atoms with Crippen LogP contribution in [0.15, 0.2) is 66.4 Å². The number of rotatable bonds is 5. The van der Waals surface area contributed by atoms with Crippen LogP contribution < -0.4 is 9.47 Å². The molecule has 2 atom stereocenters. The largest absolute Gasteiger partial charge is 0.493 e. The van der Waals surface area contributed by atoms with Crippen LogP contribution in [0, 0.1) is 11.8 Å². The van der Waals surface area contributed by atoms with Gasteiger partial charge in [0.25, 0.3) is 0 Å². The zero-order chi connectivity index (χ0) is 20.4. The molecular formula is C25H26NO3+. The minimum absolute atomic E-state index is 0.0910. The first-order chi connectivity index (χ1) is 14.1. The van der Waals surface area contributed by atoms with E-state index in [9.17, 15) is 4.79 Å². The fourth-order valence-electron chi connectivity index (χ4n) is 4.05. The lowest BCUT2D eigenvalue weighted by Crippen LogP contribution is -2.21. The molecule has 4 nitrogen and oxygen atoms in total. The average molecular weight is 388 g/mol. The molecule has 29 heavy (non-hydrogen) atoms. The highest BCUT2D eigenvalue weighted by Crippen LogP contribution is 2.37. The fourth-order valence-corrected chi connectivity index (χ4v) is 4.05. The average Bonchev–Trinajstić information content (AvgIpc) is 3.04. The van der Waals surface area contributed by atoms with Gasteiger partial charge >= 0.3 is 0 Å². The molecule has 2 aromatic carbocycles. The summed E-state index contributed by atoms with van der Waals surface area (Å²) in [6.45, 7) is 3.05. The second-order valence-electron chi connectivity index (χ2n) is 7.65. The van der Waals surface area contributed by atoms with E-state index in [1.54, 1.807) is 20.3 Å². The fraction of sp³-hybridized carbons (Fsp3) is 0.280. The maximum absolute atomic E-state index is 12.9. The number of Topliss-reactive ketones (excluding diaryl/α,β-unsaturated/α-hetero) is 1. The number of benzene rings is 2. The highest BCUT2D eigenvalue weighted by atomic mass is 16.5. The van der Waals surface area contributed by atoms with Gasteiger partial charge in [-0.2, -0.15) is 0 Å². The van der Waals surface area contributed by atoms with E-state index in [4.69, 9.17) is 9.47 Å².